The fourth-order valence-corrected chi connectivity index (χ4v) is 4.79. The van der Waals surface area contributed by atoms with Crippen molar-refractivity contribution in [2.24, 2.45) is 35.5 Å². The van der Waals surface area contributed by atoms with Crippen LogP contribution in [-0.2, 0) is 0 Å². The van der Waals surface area contributed by atoms with Gasteiger partial charge in [0.05, 0.1) is 0 Å². The van der Waals surface area contributed by atoms with Crippen molar-refractivity contribution in [1.82, 2.24) is 0 Å². The lowest BCUT2D eigenvalue weighted by molar-refractivity contribution is 0.0967. The molecule has 2 bridgehead atoms. The van der Waals surface area contributed by atoms with Crippen LogP contribution in [0, 0.1) is 35.5 Å². The van der Waals surface area contributed by atoms with Crippen LogP contribution in [-0.4, -0.2) is 23.4 Å². The van der Waals surface area contributed by atoms with Gasteiger partial charge < -0.3 is 10.2 Å². The minimum Gasteiger partial charge on any atom is -0.396 e. The summed E-state index contributed by atoms with van der Waals surface area (Å²) in [6.45, 7) is 0.591. The molecule has 3 fully saturated rings. The lowest BCUT2D eigenvalue weighted by atomic mass is 9.77. The van der Waals surface area contributed by atoms with Gasteiger partial charge >= 0.3 is 0 Å². The Morgan fingerprint density at radius 1 is 0.929 bits per heavy atom. The summed E-state index contributed by atoms with van der Waals surface area (Å²) in [6.07, 6.45) is 5.42. The molecule has 0 heterocycles. The summed E-state index contributed by atoms with van der Waals surface area (Å²) in [5.41, 5.74) is 0. The molecular weight excluding hydrogens is 176 g/mol. The molecule has 2 heteroatoms. The number of fused-ring (bicyclic) bond motifs is 5. The first kappa shape index (κ1) is 9.17. The molecule has 80 valence electrons. The monoisotopic (exact) mass is 196 g/mol. The summed E-state index contributed by atoms with van der Waals surface area (Å²) in [6, 6.07) is 0. The van der Waals surface area contributed by atoms with Gasteiger partial charge in [0, 0.05) is 13.2 Å². The topological polar surface area (TPSA) is 40.5 Å². The molecule has 0 radical (unpaired) electrons. The van der Waals surface area contributed by atoms with Crippen molar-refractivity contribution in [3.05, 3.63) is 0 Å². The zero-order valence-electron chi connectivity index (χ0n) is 8.60. The first-order valence-corrected chi connectivity index (χ1v) is 6.07. The summed E-state index contributed by atoms with van der Waals surface area (Å²) in [5, 5.41) is 18.7. The molecule has 0 amide bonds. The van der Waals surface area contributed by atoms with Crippen LogP contribution < -0.4 is 0 Å². The van der Waals surface area contributed by atoms with Gasteiger partial charge in [-0.2, -0.15) is 0 Å². The van der Waals surface area contributed by atoms with Gasteiger partial charge in [0.25, 0.3) is 0 Å². The molecule has 0 aromatic carbocycles. The van der Waals surface area contributed by atoms with Gasteiger partial charge in [-0.15, -0.1) is 0 Å². The zero-order valence-corrected chi connectivity index (χ0v) is 8.60. The van der Waals surface area contributed by atoms with Crippen LogP contribution in [0.3, 0.4) is 0 Å². The van der Waals surface area contributed by atoms with Gasteiger partial charge in [-0.3, -0.25) is 0 Å². The van der Waals surface area contributed by atoms with Crippen molar-refractivity contribution < 1.29 is 10.2 Å². The van der Waals surface area contributed by atoms with E-state index in [1.807, 2.05) is 0 Å². The Morgan fingerprint density at radius 2 is 1.71 bits per heavy atom. The van der Waals surface area contributed by atoms with E-state index < -0.39 is 0 Å². The highest BCUT2D eigenvalue weighted by Crippen LogP contribution is 2.61. The van der Waals surface area contributed by atoms with Crippen LogP contribution in [0.2, 0.25) is 0 Å². The summed E-state index contributed by atoms with van der Waals surface area (Å²) in [4.78, 5) is 0. The van der Waals surface area contributed by atoms with Crippen molar-refractivity contribution >= 4 is 0 Å². The van der Waals surface area contributed by atoms with Crippen LogP contribution in [0.25, 0.3) is 0 Å². The second-order valence-electron chi connectivity index (χ2n) is 5.60. The number of hydrogen-bond acceptors (Lipinski definition) is 2. The van der Waals surface area contributed by atoms with Gasteiger partial charge in [-0.05, 0) is 61.2 Å². The van der Waals surface area contributed by atoms with Gasteiger partial charge in [0.1, 0.15) is 0 Å². The van der Waals surface area contributed by atoms with Gasteiger partial charge in [0.15, 0.2) is 0 Å². The second kappa shape index (κ2) is 3.21. The largest absolute Gasteiger partial charge is 0.396 e. The first-order valence-electron chi connectivity index (χ1n) is 6.07. The number of hydrogen-bond donors (Lipinski definition) is 2. The second-order valence-corrected chi connectivity index (χ2v) is 5.60. The van der Waals surface area contributed by atoms with Crippen molar-refractivity contribution in [1.29, 1.82) is 0 Å². The molecule has 0 aromatic rings. The fourth-order valence-electron chi connectivity index (χ4n) is 4.79. The highest BCUT2D eigenvalue weighted by molar-refractivity contribution is 5.04. The van der Waals surface area contributed by atoms with Crippen molar-refractivity contribution in [2.45, 2.75) is 25.7 Å². The molecule has 3 saturated carbocycles. The standard InChI is InChI=1S/C12H20O2/c13-5-9-4-10-7-1-2-8(3-7)12(10)11(9)6-14/h7-14H,1-6H2. The number of rotatable bonds is 2. The SMILES string of the molecule is OCC1CC2C3CCC(C3)C2C1CO. The van der Waals surface area contributed by atoms with Gasteiger partial charge in [0.2, 0.25) is 0 Å². The van der Waals surface area contributed by atoms with E-state index in [1.165, 1.54) is 25.7 Å². The molecule has 3 aliphatic rings. The average Bonchev–Trinajstić information content (AvgIpc) is 2.87. The van der Waals surface area contributed by atoms with Gasteiger partial charge in [-0.25, -0.2) is 0 Å². The van der Waals surface area contributed by atoms with E-state index >= 15 is 0 Å². The van der Waals surface area contributed by atoms with E-state index in [0.717, 1.165) is 23.7 Å². The molecule has 2 nitrogen and oxygen atoms in total. The molecule has 14 heavy (non-hydrogen) atoms. The van der Waals surface area contributed by atoms with E-state index in [9.17, 15) is 10.2 Å². The molecule has 0 saturated heterocycles. The smallest absolute Gasteiger partial charge is 0.0465 e. The lowest BCUT2D eigenvalue weighted by Crippen LogP contribution is -2.27. The molecule has 0 aliphatic heterocycles. The van der Waals surface area contributed by atoms with Crippen molar-refractivity contribution in [2.75, 3.05) is 13.2 Å². The van der Waals surface area contributed by atoms with Crippen LogP contribution in [0.1, 0.15) is 25.7 Å². The first-order chi connectivity index (χ1) is 6.85. The lowest BCUT2D eigenvalue weighted by Gasteiger charge is -2.28. The summed E-state index contributed by atoms with van der Waals surface area (Å²) >= 11 is 0. The van der Waals surface area contributed by atoms with E-state index in [0.29, 0.717) is 18.4 Å². The predicted molar refractivity (Wildman–Crippen MR) is 53.6 cm³/mol. The van der Waals surface area contributed by atoms with Crippen LogP contribution >= 0.6 is 0 Å². The van der Waals surface area contributed by atoms with Crippen molar-refractivity contribution in [3.63, 3.8) is 0 Å². The summed E-state index contributed by atoms with van der Waals surface area (Å²) in [7, 11) is 0. The zero-order chi connectivity index (χ0) is 9.71. The Hall–Kier alpha value is -0.0800. The molecule has 0 spiro atoms. The molecule has 6 unspecified atom stereocenters. The normalized spacial score (nSPS) is 55.3. The average molecular weight is 196 g/mol. The Morgan fingerprint density at radius 3 is 2.43 bits per heavy atom. The minimum atomic E-state index is 0.289. The maximum atomic E-state index is 9.43. The Labute approximate surface area is 85.3 Å². The third kappa shape index (κ3) is 1.04. The van der Waals surface area contributed by atoms with Crippen LogP contribution in [0.4, 0.5) is 0 Å². The number of aliphatic hydroxyl groups excluding tert-OH is 2. The molecule has 3 aliphatic carbocycles. The minimum absolute atomic E-state index is 0.289. The third-order valence-electron chi connectivity index (χ3n) is 5.28. The van der Waals surface area contributed by atoms with E-state index in [-0.39, 0.29) is 6.61 Å². The summed E-state index contributed by atoms with van der Waals surface area (Å²) < 4.78 is 0. The molecule has 0 aromatic heterocycles. The predicted octanol–water partition coefficient (Wildman–Crippen LogP) is 1.27. The van der Waals surface area contributed by atoms with Crippen LogP contribution in [0.15, 0.2) is 0 Å². The Balaban J connectivity index is 1.84. The van der Waals surface area contributed by atoms with Crippen molar-refractivity contribution in [3.8, 4) is 0 Å². The van der Waals surface area contributed by atoms with E-state index in [1.54, 1.807) is 0 Å². The molecule has 6 atom stereocenters. The van der Waals surface area contributed by atoms with E-state index in [2.05, 4.69) is 0 Å². The maximum absolute atomic E-state index is 9.43. The fraction of sp³-hybridized carbons (Fsp3) is 1.00. The van der Waals surface area contributed by atoms with E-state index in [4.69, 9.17) is 0 Å². The molecule has 2 N–H and O–H groups in total. The number of aliphatic hydroxyl groups is 2. The molecule has 3 rings (SSSR count). The quantitative estimate of drug-likeness (QED) is 0.698. The third-order valence-corrected chi connectivity index (χ3v) is 5.28. The highest BCUT2D eigenvalue weighted by atomic mass is 16.3. The Kier molecular flexibility index (Phi) is 2.10. The molecular formula is C12H20O2. The van der Waals surface area contributed by atoms with Crippen LogP contribution in [0.5, 0.6) is 0 Å². The highest BCUT2D eigenvalue weighted by Gasteiger charge is 2.55. The van der Waals surface area contributed by atoms with Gasteiger partial charge in [-0.1, -0.05) is 0 Å². The Bertz CT molecular complexity index is 228. The summed E-state index contributed by atoms with van der Waals surface area (Å²) in [5.74, 6) is 4.26. The maximum Gasteiger partial charge on any atom is 0.0465 e.